The first-order valence-electron chi connectivity index (χ1n) is 6.73. The molecule has 1 aromatic carbocycles. The van der Waals surface area contributed by atoms with Crippen molar-refractivity contribution in [3.63, 3.8) is 0 Å². The Hall–Kier alpha value is -2.21. The van der Waals surface area contributed by atoms with Gasteiger partial charge in [0.05, 0.1) is 10.6 Å². The Morgan fingerprint density at radius 1 is 1.23 bits per heavy atom. The van der Waals surface area contributed by atoms with Gasteiger partial charge in [0.1, 0.15) is 5.69 Å². The monoisotopic (exact) mass is 318 g/mol. The largest absolute Gasteiger partial charge is 0.331 e. The van der Waals surface area contributed by atoms with Crippen molar-refractivity contribution in [1.82, 2.24) is 9.97 Å². The van der Waals surface area contributed by atoms with Crippen LogP contribution in [0.4, 0.5) is 0 Å². The van der Waals surface area contributed by atoms with Crippen LogP contribution < -0.4 is 0 Å². The quantitative estimate of drug-likeness (QED) is 0.679. The van der Waals surface area contributed by atoms with E-state index in [0.29, 0.717) is 12.0 Å². The van der Waals surface area contributed by atoms with Crippen molar-refractivity contribution in [2.75, 3.05) is 0 Å². The Kier molecular flexibility index (Phi) is 4.06. The van der Waals surface area contributed by atoms with Crippen LogP contribution in [-0.4, -0.2) is 24.7 Å². The van der Waals surface area contributed by atoms with Gasteiger partial charge < -0.3 is 4.98 Å². The van der Waals surface area contributed by atoms with Gasteiger partial charge in [0.25, 0.3) is 0 Å². The standard InChI is InChI=1S/C16H18N2O3S/c1-5-16(3,4)14-13(10-19)17-15(18-14)22(20,21)12-8-6-11(2)7-9-12/h5-10H,1H2,2-4H3,(H,17,18). The van der Waals surface area contributed by atoms with Gasteiger partial charge in [0.2, 0.25) is 15.0 Å². The van der Waals surface area contributed by atoms with Crippen molar-refractivity contribution in [2.45, 2.75) is 36.2 Å². The van der Waals surface area contributed by atoms with Crippen LogP contribution in [0.1, 0.15) is 35.6 Å². The number of aromatic amines is 1. The first-order valence-corrected chi connectivity index (χ1v) is 8.21. The number of allylic oxidation sites excluding steroid dienone is 1. The number of nitrogens with zero attached hydrogens (tertiary/aromatic N) is 1. The summed E-state index contributed by atoms with van der Waals surface area (Å²) >= 11 is 0. The Labute approximate surface area is 130 Å². The first kappa shape index (κ1) is 16.2. The highest BCUT2D eigenvalue weighted by molar-refractivity contribution is 7.91. The lowest BCUT2D eigenvalue weighted by Gasteiger charge is -2.18. The van der Waals surface area contributed by atoms with E-state index in [-0.39, 0.29) is 15.7 Å². The van der Waals surface area contributed by atoms with Gasteiger partial charge in [0, 0.05) is 5.41 Å². The molecule has 116 valence electrons. The molecule has 22 heavy (non-hydrogen) atoms. The molecular weight excluding hydrogens is 300 g/mol. The fourth-order valence-corrected chi connectivity index (χ4v) is 3.17. The Morgan fingerprint density at radius 2 is 1.82 bits per heavy atom. The third-order valence-electron chi connectivity index (χ3n) is 3.56. The van der Waals surface area contributed by atoms with Gasteiger partial charge in [-0.25, -0.2) is 13.4 Å². The lowest BCUT2D eigenvalue weighted by molar-refractivity contribution is 0.111. The fraction of sp³-hybridized carbons (Fsp3) is 0.250. The average Bonchev–Trinajstić information content (AvgIpc) is 2.93. The molecule has 0 aliphatic heterocycles. The van der Waals surface area contributed by atoms with Gasteiger partial charge in [-0.05, 0) is 19.1 Å². The SMILES string of the molecule is C=CC(C)(C)c1[nH]c(S(=O)(=O)c2ccc(C)cc2)nc1C=O. The topological polar surface area (TPSA) is 79.9 Å². The lowest BCUT2D eigenvalue weighted by atomic mass is 9.88. The maximum atomic E-state index is 12.6. The maximum Gasteiger partial charge on any atom is 0.239 e. The van der Waals surface area contributed by atoms with Gasteiger partial charge in [-0.15, -0.1) is 6.58 Å². The van der Waals surface area contributed by atoms with E-state index in [1.165, 1.54) is 12.1 Å². The average molecular weight is 318 g/mol. The van der Waals surface area contributed by atoms with E-state index in [1.54, 1.807) is 18.2 Å². The van der Waals surface area contributed by atoms with Crippen molar-refractivity contribution >= 4 is 16.1 Å². The molecule has 1 N–H and O–H groups in total. The van der Waals surface area contributed by atoms with Crippen molar-refractivity contribution in [2.24, 2.45) is 0 Å². The van der Waals surface area contributed by atoms with Crippen LogP contribution in [0.2, 0.25) is 0 Å². The summed E-state index contributed by atoms with van der Waals surface area (Å²) in [5.41, 5.74) is 0.879. The van der Waals surface area contributed by atoms with Crippen molar-refractivity contribution in [1.29, 1.82) is 0 Å². The summed E-state index contributed by atoms with van der Waals surface area (Å²) in [6.45, 7) is 9.23. The van der Waals surface area contributed by atoms with Crippen LogP contribution in [0.5, 0.6) is 0 Å². The summed E-state index contributed by atoms with van der Waals surface area (Å²) in [4.78, 5) is 18.1. The van der Waals surface area contributed by atoms with Crippen LogP contribution in [0, 0.1) is 6.92 Å². The van der Waals surface area contributed by atoms with E-state index >= 15 is 0 Å². The molecule has 5 nitrogen and oxygen atoms in total. The van der Waals surface area contributed by atoms with E-state index in [9.17, 15) is 13.2 Å². The van der Waals surface area contributed by atoms with Gasteiger partial charge in [-0.2, -0.15) is 0 Å². The highest BCUT2D eigenvalue weighted by Crippen LogP contribution is 2.28. The number of hydrogen-bond donors (Lipinski definition) is 1. The molecule has 0 saturated heterocycles. The van der Waals surface area contributed by atoms with Gasteiger partial charge in [-0.3, -0.25) is 4.79 Å². The smallest absolute Gasteiger partial charge is 0.239 e. The molecule has 0 aliphatic rings. The number of H-pyrrole nitrogens is 1. The minimum Gasteiger partial charge on any atom is -0.331 e. The summed E-state index contributed by atoms with van der Waals surface area (Å²) < 4.78 is 25.2. The lowest BCUT2D eigenvalue weighted by Crippen LogP contribution is -2.16. The zero-order valence-electron chi connectivity index (χ0n) is 12.8. The zero-order chi connectivity index (χ0) is 16.5. The third-order valence-corrected chi connectivity index (χ3v) is 5.16. The molecule has 0 spiro atoms. The van der Waals surface area contributed by atoms with Crippen LogP contribution in [-0.2, 0) is 15.3 Å². The summed E-state index contributed by atoms with van der Waals surface area (Å²) in [7, 11) is -3.80. The predicted octanol–water partition coefficient (Wildman–Crippen LogP) is 2.83. The normalized spacial score (nSPS) is 12.1. The van der Waals surface area contributed by atoms with Crippen molar-refractivity contribution in [3.05, 3.63) is 53.9 Å². The number of nitrogens with one attached hydrogen (secondary N) is 1. The molecule has 0 radical (unpaired) electrons. The van der Waals surface area contributed by atoms with Crippen LogP contribution in [0.3, 0.4) is 0 Å². The number of aryl methyl sites for hydroxylation is 1. The Balaban J connectivity index is 2.60. The first-order chi connectivity index (χ1) is 10.2. The van der Waals surface area contributed by atoms with Crippen LogP contribution in [0.25, 0.3) is 0 Å². The number of benzene rings is 1. The molecule has 2 rings (SSSR count). The second kappa shape index (κ2) is 5.53. The summed E-state index contributed by atoms with van der Waals surface area (Å²) in [6, 6.07) is 6.47. The Bertz CT molecular complexity index is 816. The molecule has 2 aromatic rings. The molecule has 0 unspecified atom stereocenters. The third kappa shape index (κ3) is 2.74. The number of aldehydes is 1. The molecule has 0 bridgehead atoms. The molecule has 6 heteroatoms. The van der Waals surface area contributed by atoms with E-state index in [1.807, 2.05) is 20.8 Å². The van der Waals surface area contributed by atoms with Crippen molar-refractivity contribution < 1.29 is 13.2 Å². The van der Waals surface area contributed by atoms with E-state index < -0.39 is 15.3 Å². The van der Waals surface area contributed by atoms with E-state index in [2.05, 4.69) is 16.5 Å². The van der Waals surface area contributed by atoms with E-state index in [0.717, 1.165) is 5.56 Å². The summed E-state index contributed by atoms with van der Waals surface area (Å²) in [5, 5.41) is -0.233. The molecular formula is C16H18N2O3S. The second-order valence-corrected chi connectivity index (χ2v) is 7.53. The minimum atomic E-state index is -3.80. The number of rotatable bonds is 5. The number of carbonyl (C=O) groups is 1. The molecule has 0 atom stereocenters. The van der Waals surface area contributed by atoms with Gasteiger partial charge >= 0.3 is 0 Å². The van der Waals surface area contributed by atoms with Gasteiger partial charge in [0.15, 0.2) is 6.29 Å². The number of aromatic nitrogens is 2. The Morgan fingerprint density at radius 3 is 2.32 bits per heavy atom. The molecule has 0 saturated carbocycles. The zero-order valence-corrected chi connectivity index (χ0v) is 13.6. The number of hydrogen-bond acceptors (Lipinski definition) is 4. The molecule has 0 amide bonds. The highest BCUT2D eigenvalue weighted by atomic mass is 32.2. The van der Waals surface area contributed by atoms with E-state index in [4.69, 9.17) is 0 Å². The molecule has 1 aromatic heterocycles. The second-order valence-electron chi connectivity index (χ2n) is 5.66. The predicted molar refractivity (Wildman–Crippen MR) is 83.8 cm³/mol. The highest BCUT2D eigenvalue weighted by Gasteiger charge is 2.29. The maximum absolute atomic E-state index is 12.6. The van der Waals surface area contributed by atoms with Gasteiger partial charge in [-0.1, -0.05) is 37.6 Å². The summed E-state index contributed by atoms with van der Waals surface area (Å²) in [6.07, 6.45) is 2.18. The number of imidazole rings is 1. The number of carbonyl (C=O) groups excluding carboxylic acids is 1. The van der Waals surface area contributed by atoms with Crippen LogP contribution >= 0.6 is 0 Å². The van der Waals surface area contributed by atoms with Crippen LogP contribution in [0.15, 0.2) is 47.0 Å². The minimum absolute atomic E-state index is 0.0792. The number of sulfone groups is 1. The fourth-order valence-electron chi connectivity index (χ4n) is 2.00. The summed E-state index contributed by atoms with van der Waals surface area (Å²) in [5.74, 6) is 0. The molecule has 1 heterocycles. The molecule has 0 fully saturated rings. The van der Waals surface area contributed by atoms with Crippen molar-refractivity contribution in [3.8, 4) is 0 Å². The molecule has 0 aliphatic carbocycles.